The van der Waals surface area contributed by atoms with Gasteiger partial charge in [-0.15, -0.1) is 0 Å². The van der Waals surface area contributed by atoms with E-state index in [1.807, 2.05) is 45.0 Å². The summed E-state index contributed by atoms with van der Waals surface area (Å²) in [6.45, 7) is 7.95. The van der Waals surface area contributed by atoms with Gasteiger partial charge in [0.25, 0.3) is 0 Å². The minimum atomic E-state index is -3.80. The maximum atomic E-state index is 12.9. The topological polar surface area (TPSA) is 78.5 Å². The molecule has 1 saturated heterocycles. The van der Waals surface area contributed by atoms with Gasteiger partial charge in [-0.1, -0.05) is 31.5 Å². The molecule has 1 fully saturated rings. The van der Waals surface area contributed by atoms with Crippen molar-refractivity contribution >= 4 is 27.3 Å². The van der Waals surface area contributed by atoms with Crippen molar-refractivity contribution in [1.82, 2.24) is 4.72 Å². The molecule has 0 aliphatic carbocycles. The van der Waals surface area contributed by atoms with Crippen LogP contribution >= 0.6 is 0 Å². The molecule has 2 N–H and O–H groups in total. The van der Waals surface area contributed by atoms with Gasteiger partial charge in [0.2, 0.25) is 15.9 Å². The van der Waals surface area contributed by atoms with Gasteiger partial charge in [-0.3, -0.25) is 4.79 Å². The molecule has 1 aliphatic rings. The van der Waals surface area contributed by atoms with Gasteiger partial charge in [0.1, 0.15) is 6.04 Å². The summed E-state index contributed by atoms with van der Waals surface area (Å²) < 4.78 is 28.2. The van der Waals surface area contributed by atoms with Crippen LogP contribution in [0.4, 0.5) is 11.4 Å². The molecule has 31 heavy (non-hydrogen) atoms. The van der Waals surface area contributed by atoms with Crippen LogP contribution in [0.2, 0.25) is 0 Å². The highest BCUT2D eigenvalue weighted by molar-refractivity contribution is 7.89. The highest BCUT2D eigenvalue weighted by Crippen LogP contribution is 2.22. The van der Waals surface area contributed by atoms with E-state index in [1.54, 1.807) is 24.3 Å². The summed E-state index contributed by atoms with van der Waals surface area (Å²) in [6, 6.07) is 13.5. The third-order valence-electron chi connectivity index (χ3n) is 5.51. The number of piperidine rings is 1. The van der Waals surface area contributed by atoms with Crippen LogP contribution in [0.5, 0.6) is 0 Å². The molecule has 1 heterocycles. The number of hydrogen-bond acceptors (Lipinski definition) is 4. The Kier molecular flexibility index (Phi) is 7.73. The van der Waals surface area contributed by atoms with Crippen molar-refractivity contribution in [2.75, 3.05) is 23.3 Å². The molecule has 0 radical (unpaired) electrons. The number of nitrogens with one attached hydrogen (secondary N) is 2. The average Bonchev–Trinajstić information content (AvgIpc) is 2.74. The lowest BCUT2D eigenvalue weighted by molar-refractivity contribution is -0.118. The third kappa shape index (κ3) is 6.55. The van der Waals surface area contributed by atoms with E-state index >= 15 is 0 Å². The van der Waals surface area contributed by atoms with Gasteiger partial charge >= 0.3 is 0 Å². The zero-order valence-corrected chi connectivity index (χ0v) is 19.4. The maximum Gasteiger partial charge on any atom is 0.242 e. The number of hydrogen-bond donors (Lipinski definition) is 2. The number of carbonyl (C=O) groups excluding carboxylic acids is 1. The number of nitrogens with zero attached hydrogens (tertiary/aromatic N) is 1. The number of sulfonamides is 1. The monoisotopic (exact) mass is 443 g/mol. The van der Waals surface area contributed by atoms with Crippen molar-refractivity contribution in [3.8, 4) is 0 Å². The van der Waals surface area contributed by atoms with Crippen LogP contribution in [0.25, 0.3) is 0 Å². The van der Waals surface area contributed by atoms with Crippen molar-refractivity contribution in [2.45, 2.75) is 57.4 Å². The Bertz CT molecular complexity index is 964. The van der Waals surface area contributed by atoms with Crippen LogP contribution in [0, 0.1) is 12.8 Å². The minimum absolute atomic E-state index is 0.151. The molecule has 3 rings (SSSR count). The molecule has 0 aromatic heterocycles. The summed E-state index contributed by atoms with van der Waals surface area (Å²) in [5, 5.41) is 2.88. The molecule has 2 aromatic carbocycles. The van der Waals surface area contributed by atoms with E-state index in [1.165, 1.54) is 19.3 Å². The Morgan fingerprint density at radius 2 is 1.58 bits per heavy atom. The fourth-order valence-electron chi connectivity index (χ4n) is 3.79. The third-order valence-corrected chi connectivity index (χ3v) is 7.00. The van der Waals surface area contributed by atoms with Crippen LogP contribution in [0.15, 0.2) is 53.4 Å². The smallest absolute Gasteiger partial charge is 0.242 e. The van der Waals surface area contributed by atoms with Gasteiger partial charge in [-0.2, -0.15) is 4.72 Å². The van der Waals surface area contributed by atoms with Crippen LogP contribution in [-0.2, 0) is 14.8 Å². The molecule has 0 spiro atoms. The lowest BCUT2D eigenvalue weighted by atomic mass is 10.0. The predicted octanol–water partition coefficient (Wildman–Crippen LogP) is 4.32. The van der Waals surface area contributed by atoms with E-state index < -0.39 is 16.1 Å². The molecular formula is C24H33N3O3S. The van der Waals surface area contributed by atoms with Gasteiger partial charge in [0.15, 0.2) is 0 Å². The first-order chi connectivity index (χ1) is 14.7. The predicted molar refractivity (Wildman–Crippen MR) is 126 cm³/mol. The van der Waals surface area contributed by atoms with Gasteiger partial charge in [-0.05, 0) is 74.9 Å². The fraction of sp³-hybridized carbons (Fsp3) is 0.458. The highest BCUT2D eigenvalue weighted by Gasteiger charge is 2.26. The van der Waals surface area contributed by atoms with Crippen LogP contribution in [0.1, 0.15) is 45.1 Å². The number of aryl methyl sites for hydroxylation is 1. The van der Waals surface area contributed by atoms with Gasteiger partial charge in [0.05, 0.1) is 4.90 Å². The second-order valence-electron chi connectivity index (χ2n) is 8.70. The first-order valence-electron chi connectivity index (χ1n) is 11.0. The second-order valence-corrected chi connectivity index (χ2v) is 10.4. The van der Waals surface area contributed by atoms with Gasteiger partial charge in [0, 0.05) is 24.5 Å². The van der Waals surface area contributed by atoms with Crippen LogP contribution < -0.4 is 14.9 Å². The van der Waals surface area contributed by atoms with Crippen LogP contribution in [-0.4, -0.2) is 33.5 Å². The lowest BCUT2D eigenvalue weighted by Gasteiger charge is -2.29. The lowest BCUT2D eigenvalue weighted by Crippen LogP contribution is -2.44. The number of benzene rings is 2. The minimum Gasteiger partial charge on any atom is -0.372 e. The normalized spacial score (nSPS) is 15.7. The van der Waals surface area contributed by atoms with Gasteiger partial charge < -0.3 is 10.2 Å². The van der Waals surface area contributed by atoms with Crippen molar-refractivity contribution in [3.63, 3.8) is 0 Å². The molecule has 1 amide bonds. The zero-order valence-electron chi connectivity index (χ0n) is 18.6. The first kappa shape index (κ1) is 23.3. The molecule has 0 saturated carbocycles. The van der Waals surface area contributed by atoms with Crippen molar-refractivity contribution in [2.24, 2.45) is 5.92 Å². The molecule has 1 aliphatic heterocycles. The average molecular weight is 444 g/mol. The highest BCUT2D eigenvalue weighted by atomic mass is 32.2. The molecule has 1 atom stereocenters. The van der Waals surface area contributed by atoms with Crippen molar-refractivity contribution in [1.29, 1.82) is 0 Å². The van der Waals surface area contributed by atoms with Crippen LogP contribution in [0.3, 0.4) is 0 Å². The number of rotatable bonds is 8. The molecular weight excluding hydrogens is 410 g/mol. The Balaban J connectivity index is 1.70. The van der Waals surface area contributed by atoms with E-state index in [-0.39, 0.29) is 16.7 Å². The largest absolute Gasteiger partial charge is 0.372 e. The zero-order chi connectivity index (χ0) is 22.4. The summed E-state index contributed by atoms with van der Waals surface area (Å²) in [5.41, 5.74) is 2.79. The van der Waals surface area contributed by atoms with E-state index in [0.717, 1.165) is 24.3 Å². The second kappa shape index (κ2) is 10.3. The molecule has 7 heteroatoms. The summed E-state index contributed by atoms with van der Waals surface area (Å²) in [4.78, 5) is 15.5. The number of amides is 1. The number of anilines is 2. The quantitative estimate of drug-likeness (QED) is 0.637. The molecule has 6 nitrogen and oxygen atoms in total. The molecule has 168 valence electrons. The van der Waals surface area contributed by atoms with E-state index in [2.05, 4.69) is 14.9 Å². The standard InChI is InChI=1S/C24H33N3O3S/c1-18(2)17-23(26-31(29,30)22-13-7-19(3)8-14-22)24(28)25-20-9-11-21(12-10-20)27-15-5-4-6-16-27/h7-14,18,23,26H,4-6,15-17H2,1-3H3,(H,25,28)/t23-/m0/s1. The summed E-state index contributed by atoms with van der Waals surface area (Å²) in [5.74, 6) is -0.201. The Labute approximate surface area is 186 Å². The maximum absolute atomic E-state index is 12.9. The van der Waals surface area contributed by atoms with Crippen molar-refractivity contribution in [3.05, 3.63) is 54.1 Å². The molecule has 0 bridgehead atoms. The Morgan fingerprint density at radius 1 is 0.968 bits per heavy atom. The first-order valence-corrected chi connectivity index (χ1v) is 12.5. The Hall–Kier alpha value is -2.38. The summed E-state index contributed by atoms with van der Waals surface area (Å²) in [7, 11) is -3.80. The van der Waals surface area contributed by atoms with Gasteiger partial charge in [-0.25, -0.2) is 8.42 Å². The van der Waals surface area contributed by atoms with E-state index in [9.17, 15) is 13.2 Å². The van der Waals surface area contributed by atoms with Crippen molar-refractivity contribution < 1.29 is 13.2 Å². The molecule has 2 aromatic rings. The Morgan fingerprint density at radius 3 is 2.16 bits per heavy atom. The summed E-state index contributed by atoms with van der Waals surface area (Å²) >= 11 is 0. The van der Waals surface area contributed by atoms with E-state index in [4.69, 9.17) is 0 Å². The number of carbonyl (C=O) groups is 1. The molecule has 0 unspecified atom stereocenters. The summed E-state index contributed by atoms with van der Waals surface area (Å²) in [6.07, 6.45) is 4.09. The SMILES string of the molecule is Cc1ccc(S(=O)(=O)N[C@@H](CC(C)C)C(=O)Nc2ccc(N3CCCCC3)cc2)cc1. The van der Waals surface area contributed by atoms with E-state index in [0.29, 0.717) is 12.1 Å². The fourth-order valence-corrected chi connectivity index (χ4v) is 5.00.